The molecule has 1 atom stereocenters. The molecule has 2 rings (SSSR count). The fourth-order valence-electron chi connectivity index (χ4n) is 2.01. The summed E-state index contributed by atoms with van der Waals surface area (Å²) >= 11 is 5.04. The first-order valence-electron chi connectivity index (χ1n) is 7.29. The molecule has 1 aromatic heterocycles. The molecule has 0 bridgehead atoms. The zero-order valence-electron chi connectivity index (χ0n) is 13.3. The highest BCUT2D eigenvalue weighted by Gasteiger charge is 2.10. The van der Waals surface area contributed by atoms with E-state index in [0.29, 0.717) is 23.3 Å². The first kappa shape index (κ1) is 17.6. The summed E-state index contributed by atoms with van der Waals surface area (Å²) in [4.78, 5) is 12.8. The Balaban J connectivity index is 1.92. The van der Waals surface area contributed by atoms with Crippen LogP contribution in [0.4, 0.5) is 0 Å². The molecule has 8 heteroatoms. The van der Waals surface area contributed by atoms with Gasteiger partial charge in [0.25, 0.3) is 5.91 Å². The molecule has 0 aliphatic rings. The summed E-state index contributed by atoms with van der Waals surface area (Å²) < 4.78 is 14.3. The number of rotatable bonds is 6. The van der Waals surface area contributed by atoms with E-state index in [-0.39, 0.29) is 11.2 Å². The zero-order chi connectivity index (χ0) is 17.0. The lowest BCUT2D eigenvalue weighted by molar-refractivity contribution is 0.0954. The number of aromatic amines is 1. The average Bonchev–Trinajstić information content (AvgIpc) is 2.86. The first-order chi connectivity index (χ1) is 10.9. The van der Waals surface area contributed by atoms with Crippen LogP contribution in [0, 0.1) is 4.77 Å². The van der Waals surface area contributed by atoms with E-state index < -0.39 is 10.8 Å². The number of benzene rings is 1. The Morgan fingerprint density at radius 1 is 1.39 bits per heavy atom. The molecular weight excluding hydrogens is 332 g/mol. The Bertz CT molecular complexity index is 763. The van der Waals surface area contributed by atoms with E-state index >= 15 is 0 Å². The summed E-state index contributed by atoms with van der Waals surface area (Å²) in [6.07, 6.45) is 0.588. The van der Waals surface area contributed by atoms with Crippen molar-refractivity contribution < 1.29 is 9.00 Å². The van der Waals surface area contributed by atoms with Crippen LogP contribution in [0.2, 0.25) is 0 Å². The number of carbonyl (C=O) groups excluding carboxylic acids is 1. The van der Waals surface area contributed by atoms with Crippen molar-refractivity contribution in [2.24, 2.45) is 7.05 Å². The van der Waals surface area contributed by atoms with Gasteiger partial charge in [0, 0.05) is 35.7 Å². The van der Waals surface area contributed by atoms with Gasteiger partial charge in [0.15, 0.2) is 4.77 Å². The molecular formula is C15H20N4O2S2. The molecule has 2 N–H and O–H groups in total. The topological polar surface area (TPSA) is 79.8 Å². The van der Waals surface area contributed by atoms with Gasteiger partial charge in [-0.2, -0.15) is 5.10 Å². The molecule has 6 nitrogen and oxygen atoms in total. The maximum absolute atomic E-state index is 12.1. The molecule has 23 heavy (non-hydrogen) atoms. The second kappa shape index (κ2) is 7.65. The van der Waals surface area contributed by atoms with Gasteiger partial charge in [-0.25, -0.2) is 0 Å². The van der Waals surface area contributed by atoms with E-state index in [1.807, 2.05) is 20.9 Å². The van der Waals surface area contributed by atoms with Crippen molar-refractivity contribution in [3.8, 4) is 0 Å². The van der Waals surface area contributed by atoms with Crippen LogP contribution in [0.25, 0.3) is 0 Å². The second-order valence-electron chi connectivity index (χ2n) is 5.38. The highest BCUT2D eigenvalue weighted by atomic mass is 32.2. The lowest BCUT2D eigenvalue weighted by atomic mass is 10.2. The number of aromatic nitrogens is 3. The fraction of sp³-hybridized carbons (Fsp3) is 0.400. The van der Waals surface area contributed by atoms with Crippen LogP contribution < -0.4 is 5.32 Å². The third-order valence-corrected chi connectivity index (χ3v) is 5.34. The number of nitrogens with zero attached hydrogens (tertiary/aromatic N) is 2. The van der Waals surface area contributed by atoms with E-state index in [2.05, 4.69) is 15.5 Å². The number of nitrogens with one attached hydrogen (secondary N) is 2. The van der Waals surface area contributed by atoms with Gasteiger partial charge in [-0.15, -0.1) is 0 Å². The lowest BCUT2D eigenvalue weighted by Gasteiger charge is -2.08. The Kier molecular flexibility index (Phi) is 5.84. The first-order valence-corrected chi connectivity index (χ1v) is 8.91. The normalized spacial score (nSPS) is 12.3. The quantitative estimate of drug-likeness (QED) is 0.779. The summed E-state index contributed by atoms with van der Waals surface area (Å²) in [5.41, 5.74) is 0.546. The molecule has 124 valence electrons. The second-order valence-corrected chi connectivity index (χ2v) is 7.78. The summed E-state index contributed by atoms with van der Waals surface area (Å²) in [5.74, 6) is 0.627. The van der Waals surface area contributed by atoms with Crippen molar-refractivity contribution in [3.63, 3.8) is 0 Å². The van der Waals surface area contributed by atoms with E-state index in [4.69, 9.17) is 12.2 Å². The smallest absolute Gasteiger partial charge is 0.251 e. The molecule has 0 aliphatic heterocycles. The van der Waals surface area contributed by atoms with Crippen molar-refractivity contribution in [1.29, 1.82) is 0 Å². The van der Waals surface area contributed by atoms with Crippen molar-refractivity contribution in [3.05, 3.63) is 40.4 Å². The van der Waals surface area contributed by atoms with Gasteiger partial charge >= 0.3 is 0 Å². The van der Waals surface area contributed by atoms with E-state index in [9.17, 15) is 9.00 Å². The number of hydrogen-bond acceptors (Lipinski definition) is 4. The van der Waals surface area contributed by atoms with Crippen molar-refractivity contribution >= 4 is 28.9 Å². The van der Waals surface area contributed by atoms with Gasteiger partial charge in [0.05, 0.1) is 10.8 Å². The van der Waals surface area contributed by atoms with Gasteiger partial charge in [-0.05, 0) is 36.5 Å². The van der Waals surface area contributed by atoms with Gasteiger partial charge in [0.2, 0.25) is 0 Å². The average molecular weight is 352 g/mol. The Morgan fingerprint density at radius 2 is 2.04 bits per heavy atom. The van der Waals surface area contributed by atoms with E-state index in [1.54, 1.807) is 28.8 Å². The van der Waals surface area contributed by atoms with E-state index in [0.717, 1.165) is 10.7 Å². The Labute approximate surface area is 142 Å². The maximum Gasteiger partial charge on any atom is 0.251 e. The molecule has 1 heterocycles. The zero-order valence-corrected chi connectivity index (χ0v) is 15.0. The highest BCUT2D eigenvalue weighted by molar-refractivity contribution is 7.85. The molecule has 1 aromatic carbocycles. The van der Waals surface area contributed by atoms with Gasteiger partial charge in [-0.1, -0.05) is 13.8 Å². The van der Waals surface area contributed by atoms with Crippen molar-refractivity contribution in [2.45, 2.75) is 30.4 Å². The Morgan fingerprint density at radius 3 is 2.57 bits per heavy atom. The minimum atomic E-state index is -1.04. The molecule has 0 radical (unpaired) electrons. The van der Waals surface area contributed by atoms with E-state index in [1.165, 1.54) is 0 Å². The van der Waals surface area contributed by atoms with Crippen molar-refractivity contribution in [2.75, 3.05) is 6.54 Å². The molecule has 0 saturated carbocycles. The molecule has 1 amide bonds. The molecule has 1 unspecified atom stereocenters. The summed E-state index contributed by atoms with van der Waals surface area (Å²) in [5, 5.41) is 9.69. The van der Waals surface area contributed by atoms with Crippen LogP contribution in [-0.2, 0) is 24.3 Å². The van der Waals surface area contributed by atoms with Crippen LogP contribution in [0.15, 0.2) is 29.2 Å². The molecule has 0 aliphatic carbocycles. The number of carbonyl (C=O) groups is 1. The van der Waals surface area contributed by atoms with Crippen LogP contribution in [0.5, 0.6) is 0 Å². The number of hydrogen-bond donors (Lipinski definition) is 2. The minimum Gasteiger partial charge on any atom is -0.352 e. The minimum absolute atomic E-state index is 0.0542. The standard InChI is InChI=1S/C15H20N4O2S2/c1-10(2)23(21)12-6-4-11(5-7-12)14(20)16-9-8-13-17-18-15(22)19(13)3/h4-7,10H,8-9H2,1-3H3,(H,16,20)(H,18,22). The van der Waals surface area contributed by atoms with Crippen molar-refractivity contribution in [1.82, 2.24) is 20.1 Å². The lowest BCUT2D eigenvalue weighted by Crippen LogP contribution is -2.26. The SMILES string of the molecule is CC(C)S(=O)c1ccc(C(=O)NCCc2n[nH]c(=S)n2C)cc1. The van der Waals surface area contributed by atoms with Gasteiger partial charge in [-0.3, -0.25) is 14.1 Å². The summed E-state index contributed by atoms with van der Waals surface area (Å²) in [7, 11) is 0.787. The molecule has 0 fully saturated rings. The maximum atomic E-state index is 12.1. The third kappa shape index (κ3) is 4.35. The number of amides is 1. The fourth-order valence-corrected chi connectivity index (χ4v) is 3.11. The Hall–Kier alpha value is -1.80. The number of H-pyrrole nitrogens is 1. The summed E-state index contributed by atoms with van der Waals surface area (Å²) in [6.45, 7) is 4.27. The summed E-state index contributed by atoms with van der Waals surface area (Å²) in [6, 6.07) is 6.87. The monoisotopic (exact) mass is 352 g/mol. The molecule has 2 aromatic rings. The van der Waals surface area contributed by atoms with Gasteiger partial charge in [0.1, 0.15) is 5.82 Å². The largest absolute Gasteiger partial charge is 0.352 e. The van der Waals surface area contributed by atoms with Gasteiger partial charge < -0.3 is 9.88 Å². The third-order valence-electron chi connectivity index (χ3n) is 3.38. The van der Waals surface area contributed by atoms with Crippen LogP contribution in [-0.4, -0.2) is 36.7 Å². The predicted molar refractivity (Wildman–Crippen MR) is 92.4 cm³/mol. The van der Waals surface area contributed by atoms with Crippen LogP contribution in [0.1, 0.15) is 30.0 Å². The highest BCUT2D eigenvalue weighted by Crippen LogP contribution is 2.12. The predicted octanol–water partition coefficient (Wildman–Crippen LogP) is 1.97. The molecule has 0 spiro atoms. The van der Waals surface area contributed by atoms with Crippen LogP contribution >= 0.6 is 12.2 Å². The van der Waals surface area contributed by atoms with Crippen LogP contribution in [0.3, 0.4) is 0 Å². The molecule has 0 saturated heterocycles.